The summed E-state index contributed by atoms with van der Waals surface area (Å²) in [5.74, 6) is 0. The van der Waals surface area contributed by atoms with Crippen LogP contribution in [0.2, 0.25) is 0 Å². The van der Waals surface area contributed by atoms with Crippen molar-refractivity contribution in [2.45, 2.75) is 13.3 Å². The van der Waals surface area contributed by atoms with Gasteiger partial charge in [0.15, 0.2) is 0 Å². The molecule has 0 atom stereocenters. The number of nitrogens with one attached hydrogen (secondary N) is 2. The van der Waals surface area contributed by atoms with E-state index in [0.29, 0.717) is 12.0 Å². The maximum absolute atomic E-state index is 6.95. The van der Waals surface area contributed by atoms with Gasteiger partial charge in [-0.05, 0) is 18.1 Å². The van der Waals surface area contributed by atoms with Crippen molar-refractivity contribution in [1.82, 2.24) is 0 Å². The first-order chi connectivity index (χ1) is 4.22. The lowest BCUT2D eigenvalue weighted by molar-refractivity contribution is 1.17. The molecular weight excluding hydrogens is 136 g/mol. The van der Waals surface area contributed by atoms with Gasteiger partial charge in [0, 0.05) is 6.21 Å². The lowest BCUT2D eigenvalue weighted by Crippen LogP contribution is -1.89. The van der Waals surface area contributed by atoms with E-state index in [1.54, 1.807) is 0 Å². The van der Waals surface area contributed by atoms with E-state index in [4.69, 9.17) is 22.4 Å². The molecule has 0 saturated heterocycles. The van der Waals surface area contributed by atoms with E-state index in [1.807, 2.05) is 6.92 Å². The van der Waals surface area contributed by atoms with Gasteiger partial charge >= 0.3 is 0 Å². The molecule has 0 aromatic heterocycles. The summed E-state index contributed by atoms with van der Waals surface area (Å²) < 4.78 is 0. The molecule has 9 heavy (non-hydrogen) atoms. The average molecular weight is 145 g/mol. The SMILES string of the molecule is CC/C(=C/C=N)C(=N)Cl. The molecule has 0 heterocycles. The molecule has 0 fully saturated rings. The molecule has 0 aliphatic carbocycles. The van der Waals surface area contributed by atoms with Crippen molar-refractivity contribution in [3.05, 3.63) is 11.6 Å². The Labute approximate surface area is 59.5 Å². The lowest BCUT2D eigenvalue weighted by atomic mass is 10.2. The standard InChI is InChI=1S/C6H9ClN2/c1-2-5(3-4-8)6(7)9/h3-4,8-9H,2H2,1H3/b5-3-,8-4?,9-6?. The predicted octanol–water partition coefficient (Wildman–Crippen LogP) is 2.19. The molecule has 0 unspecified atom stereocenters. The first-order valence-corrected chi connectivity index (χ1v) is 3.04. The minimum Gasteiger partial charge on any atom is -0.309 e. The maximum Gasteiger partial charge on any atom is 0.124 e. The normalized spacial score (nSPS) is 11.1. The summed E-state index contributed by atoms with van der Waals surface area (Å²) in [7, 11) is 0. The van der Waals surface area contributed by atoms with E-state index in [-0.39, 0.29) is 5.17 Å². The molecular formula is C6H9ClN2. The van der Waals surface area contributed by atoms with Gasteiger partial charge in [-0.15, -0.1) is 0 Å². The van der Waals surface area contributed by atoms with E-state index in [1.165, 1.54) is 6.08 Å². The number of allylic oxidation sites excluding steroid dienone is 2. The summed E-state index contributed by atoms with van der Waals surface area (Å²) in [6.45, 7) is 1.90. The van der Waals surface area contributed by atoms with Crippen molar-refractivity contribution in [3.8, 4) is 0 Å². The molecule has 0 rings (SSSR count). The van der Waals surface area contributed by atoms with Crippen molar-refractivity contribution >= 4 is 23.0 Å². The van der Waals surface area contributed by atoms with Gasteiger partial charge < -0.3 is 5.41 Å². The predicted molar refractivity (Wildman–Crippen MR) is 40.7 cm³/mol. The van der Waals surface area contributed by atoms with Crippen molar-refractivity contribution < 1.29 is 0 Å². The van der Waals surface area contributed by atoms with Crippen LogP contribution in [0, 0.1) is 10.8 Å². The minimum absolute atomic E-state index is 0.0287. The maximum atomic E-state index is 6.95. The summed E-state index contributed by atoms with van der Waals surface area (Å²) in [6, 6.07) is 0. The molecule has 0 aromatic rings. The van der Waals surface area contributed by atoms with Crippen LogP contribution in [0.4, 0.5) is 0 Å². The fourth-order valence-electron chi connectivity index (χ4n) is 0.447. The zero-order valence-electron chi connectivity index (χ0n) is 5.24. The molecule has 0 spiro atoms. The van der Waals surface area contributed by atoms with Crippen LogP contribution >= 0.6 is 11.6 Å². The molecule has 2 N–H and O–H groups in total. The highest BCUT2D eigenvalue weighted by atomic mass is 35.5. The van der Waals surface area contributed by atoms with E-state index in [0.717, 1.165) is 6.21 Å². The highest BCUT2D eigenvalue weighted by molar-refractivity contribution is 6.68. The smallest absolute Gasteiger partial charge is 0.124 e. The quantitative estimate of drug-likeness (QED) is 0.571. The van der Waals surface area contributed by atoms with Crippen LogP contribution in [0.1, 0.15) is 13.3 Å². The average Bonchev–Trinajstić information content (AvgIpc) is 1.82. The van der Waals surface area contributed by atoms with Crippen LogP contribution in [0.15, 0.2) is 11.6 Å². The second-order valence-corrected chi connectivity index (χ2v) is 1.90. The van der Waals surface area contributed by atoms with E-state index in [2.05, 4.69) is 0 Å². The van der Waals surface area contributed by atoms with Crippen molar-refractivity contribution in [1.29, 1.82) is 10.8 Å². The van der Waals surface area contributed by atoms with Crippen LogP contribution in [0.3, 0.4) is 0 Å². The lowest BCUT2D eigenvalue weighted by Gasteiger charge is -1.94. The Bertz CT molecular complexity index is 149. The summed E-state index contributed by atoms with van der Waals surface area (Å²) in [4.78, 5) is 0. The summed E-state index contributed by atoms with van der Waals surface area (Å²) in [5.41, 5.74) is 0.701. The number of hydrogen-bond donors (Lipinski definition) is 2. The van der Waals surface area contributed by atoms with E-state index < -0.39 is 0 Å². The van der Waals surface area contributed by atoms with Crippen molar-refractivity contribution in [2.24, 2.45) is 0 Å². The van der Waals surface area contributed by atoms with E-state index >= 15 is 0 Å². The highest BCUT2D eigenvalue weighted by Crippen LogP contribution is 2.03. The second-order valence-electron chi connectivity index (χ2n) is 1.53. The monoisotopic (exact) mass is 144 g/mol. The Kier molecular flexibility index (Phi) is 3.97. The third kappa shape index (κ3) is 3.03. The van der Waals surface area contributed by atoms with Crippen LogP contribution in [-0.4, -0.2) is 11.4 Å². The molecule has 0 aliphatic heterocycles. The number of rotatable bonds is 3. The van der Waals surface area contributed by atoms with Crippen LogP contribution in [-0.2, 0) is 0 Å². The third-order valence-electron chi connectivity index (χ3n) is 0.947. The Morgan fingerprint density at radius 3 is 2.33 bits per heavy atom. The van der Waals surface area contributed by atoms with Crippen LogP contribution in [0.5, 0.6) is 0 Å². The molecule has 0 saturated carbocycles. The molecule has 0 aromatic carbocycles. The Balaban J connectivity index is 4.14. The molecule has 0 amide bonds. The van der Waals surface area contributed by atoms with Gasteiger partial charge in [-0.2, -0.15) is 0 Å². The molecule has 0 aliphatic rings. The largest absolute Gasteiger partial charge is 0.309 e. The third-order valence-corrected chi connectivity index (χ3v) is 1.19. The van der Waals surface area contributed by atoms with Gasteiger partial charge in [-0.1, -0.05) is 18.5 Å². The number of halogens is 1. The first-order valence-electron chi connectivity index (χ1n) is 2.66. The fraction of sp³-hybridized carbons (Fsp3) is 0.333. The molecule has 0 bridgehead atoms. The molecule has 50 valence electrons. The summed E-state index contributed by atoms with van der Waals surface area (Å²) in [5, 5.41) is 13.7. The second kappa shape index (κ2) is 4.27. The van der Waals surface area contributed by atoms with Gasteiger partial charge in [0.2, 0.25) is 0 Å². The Morgan fingerprint density at radius 1 is 1.67 bits per heavy atom. The topological polar surface area (TPSA) is 47.7 Å². The van der Waals surface area contributed by atoms with Gasteiger partial charge in [0.25, 0.3) is 0 Å². The van der Waals surface area contributed by atoms with Gasteiger partial charge in [0.05, 0.1) is 0 Å². The fourth-order valence-corrected chi connectivity index (χ4v) is 0.643. The zero-order valence-corrected chi connectivity index (χ0v) is 6.00. The molecule has 2 nitrogen and oxygen atoms in total. The van der Waals surface area contributed by atoms with Gasteiger partial charge in [0.1, 0.15) is 5.17 Å². The van der Waals surface area contributed by atoms with E-state index in [9.17, 15) is 0 Å². The van der Waals surface area contributed by atoms with Crippen LogP contribution < -0.4 is 0 Å². The first kappa shape index (κ1) is 8.37. The Morgan fingerprint density at radius 2 is 2.22 bits per heavy atom. The highest BCUT2D eigenvalue weighted by Gasteiger charge is 1.95. The Hall–Kier alpha value is -0.630. The zero-order chi connectivity index (χ0) is 7.28. The van der Waals surface area contributed by atoms with Gasteiger partial charge in [-0.3, -0.25) is 5.41 Å². The number of hydrogen-bond acceptors (Lipinski definition) is 2. The summed E-state index contributed by atoms with van der Waals surface area (Å²) >= 11 is 5.33. The van der Waals surface area contributed by atoms with Crippen LogP contribution in [0.25, 0.3) is 0 Å². The van der Waals surface area contributed by atoms with Crippen molar-refractivity contribution in [3.63, 3.8) is 0 Å². The van der Waals surface area contributed by atoms with Crippen molar-refractivity contribution in [2.75, 3.05) is 0 Å². The molecule has 0 radical (unpaired) electrons. The molecule has 3 heteroatoms. The summed E-state index contributed by atoms with van der Waals surface area (Å²) in [6.07, 6.45) is 3.36. The minimum atomic E-state index is 0.0287. The van der Waals surface area contributed by atoms with Gasteiger partial charge in [-0.25, -0.2) is 0 Å².